The van der Waals surface area contributed by atoms with E-state index in [9.17, 15) is 0 Å². The van der Waals surface area contributed by atoms with E-state index in [4.69, 9.17) is 14.0 Å². The lowest BCUT2D eigenvalue weighted by molar-refractivity contribution is 0.00578. The molecule has 0 saturated carbocycles. The van der Waals surface area contributed by atoms with Crippen LogP contribution in [0.2, 0.25) is 0 Å². The maximum absolute atomic E-state index is 6.04. The van der Waals surface area contributed by atoms with E-state index in [0.717, 1.165) is 24.2 Å². The maximum Gasteiger partial charge on any atom is 0.496 e. The first-order chi connectivity index (χ1) is 10.2. The predicted molar refractivity (Wildman–Crippen MR) is 88.6 cm³/mol. The van der Waals surface area contributed by atoms with Crippen LogP contribution < -0.4 is 10.2 Å². The third kappa shape index (κ3) is 4.00. The molecule has 0 aliphatic carbocycles. The van der Waals surface area contributed by atoms with Crippen molar-refractivity contribution in [1.82, 2.24) is 9.88 Å². The average molecular weight is 306 g/mol. The van der Waals surface area contributed by atoms with Gasteiger partial charge in [-0.1, -0.05) is 0 Å². The molecule has 1 aromatic rings. The molecule has 122 valence electrons. The van der Waals surface area contributed by atoms with Gasteiger partial charge in [0.15, 0.2) is 0 Å². The average Bonchev–Trinajstić information content (AvgIpc) is 2.64. The molecular weight excluding hydrogens is 279 g/mol. The van der Waals surface area contributed by atoms with Gasteiger partial charge >= 0.3 is 7.12 Å². The second kappa shape index (κ2) is 6.56. The molecule has 6 heteroatoms. The van der Waals surface area contributed by atoms with Gasteiger partial charge in [0.25, 0.3) is 0 Å². The van der Waals surface area contributed by atoms with E-state index in [2.05, 4.69) is 24.0 Å². The predicted octanol–water partition coefficient (Wildman–Crippen LogP) is 1.71. The number of nitrogens with zero attached hydrogens (tertiary/aromatic N) is 2. The van der Waals surface area contributed by atoms with E-state index in [1.807, 2.05) is 33.8 Å². The minimum absolute atomic E-state index is 0.347. The van der Waals surface area contributed by atoms with E-state index in [0.29, 0.717) is 6.61 Å². The fourth-order valence-corrected chi connectivity index (χ4v) is 2.19. The molecule has 1 aromatic heterocycles. The summed E-state index contributed by atoms with van der Waals surface area (Å²) in [5.74, 6) is 0.756. The molecular formula is C16H27BN2O3. The van der Waals surface area contributed by atoms with Gasteiger partial charge in [-0.3, -0.25) is 4.98 Å². The fourth-order valence-electron chi connectivity index (χ4n) is 2.19. The minimum atomic E-state index is -0.400. The third-order valence-corrected chi connectivity index (χ3v) is 4.28. The summed E-state index contributed by atoms with van der Waals surface area (Å²) in [6.45, 7) is 9.85. The Kier molecular flexibility index (Phi) is 5.15. The summed E-state index contributed by atoms with van der Waals surface area (Å²) in [4.78, 5) is 6.38. The van der Waals surface area contributed by atoms with E-state index < -0.39 is 7.12 Å². The van der Waals surface area contributed by atoms with Crippen molar-refractivity contribution in [3.63, 3.8) is 0 Å². The third-order valence-electron chi connectivity index (χ3n) is 4.28. The molecule has 0 unspecified atom stereocenters. The molecule has 1 saturated heterocycles. The Hall–Kier alpha value is -1.11. The molecule has 22 heavy (non-hydrogen) atoms. The van der Waals surface area contributed by atoms with E-state index >= 15 is 0 Å². The number of aromatic nitrogens is 1. The quantitative estimate of drug-likeness (QED) is 0.591. The van der Waals surface area contributed by atoms with Gasteiger partial charge in [0.1, 0.15) is 5.75 Å². The summed E-state index contributed by atoms with van der Waals surface area (Å²) in [7, 11) is 3.71. The number of ether oxygens (including phenoxy) is 1. The molecule has 5 nitrogen and oxygen atoms in total. The summed E-state index contributed by atoms with van der Waals surface area (Å²) < 4.78 is 17.8. The van der Waals surface area contributed by atoms with Crippen LogP contribution in [0.1, 0.15) is 34.1 Å². The Morgan fingerprint density at radius 2 is 1.77 bits per heavy atom. The highest BCUT2D eigenvalue weighted by Crippen LogP contribution is 2.36. The van der Waals surface area contributed by atoms with Crippen molar-refractivity contribution in [1.29, 1.82) is 0 Å². The van der Waals surface area contributed by atoms with Crippen molar-refractivity contribution in [3.05, 3.63) is 18.5 Å². The van der Waals surface area contributed by atoms with Crippen LogP contribution in [0.4, 0.5) is 0 Å². The van der Waals surface area contributed by atoms with Gasteiger partial charge in [0.05, 0.1) is 24.0 Å². The molecule has 1 aliphatic heterocycles. The van der Waals surface area contributed by atoms with E-state index in [1.165, 1.54) is 0 Å². The van der Waals surface area contributed by atoms with Crippen molar-refractivity contribution >= 4 is 12.6 Å². The van der Waals surface area contributed by atoms with Gasteiger partial charge in [0, 0.05) is 18.2 Å². The lowest BCUT2D eigenvalue weighted by Gasteiger charge is -2.32. The number of pyridine rings is 1. The van der Waals surface area contributed by atoms with Crippen molar-refractivity contribution < 1.29 is 14.0 Å². The zero-order valence-corrected chi connectivity index (χ0v) is 14.5. The van der Waals surface area contributed by atoms with Gasteiger partial charge in [-0.2, -0.15) is 0 Å². The number of rotatable bonds is 6. The van der Waals surface area contributed by atoms with Crippen LogP contribution in [0.25, 0.3) is 0 Å². The van der Waals surface area contributed by atoms with Crippen molar-refractivity contribution in [2.75, 3.05) is 27.2 Å². The molecule has 0 atom stereocenters. The van der Waals surface area contributed by atoms with Crippen LogP contribution in [0.5, 0.6) is 5.75 Å². The molecule has 2 heterocycles. The number of hydrogen-bond acceptors (Lipinski definition) is 5. The van der Waals surface area contributed by atoms with Crippen LogP contribution in [-0.2, 0) is 9.31 Å². The minimum Gasteiger partial charge on any atom is -0.492 e. The van der Waals surface area contributed by atoms with Crippen LogP contribution in [0, 0.1) is 0 Å². The molecule has 2 rings (SSSR count). The first kappa shape index (κ1) is 17.3. The highest BCUT2D eigenvalue weighted by atomic mass is 16.7. The SMILES string of the molecule is CN(C)CCCOc1cncc(B2OC(C)(C)C(C)(C)O2)c1. The standard InChI is InChI=1S/C16H27BN2O3/c1-15(2)16(3,4)22-17(21-15)13-10-14(12-18-11-13)20-9-7-8-19(5)6/h10-12H,7-9H2,1-6H3. The number of hydrogen-bond donors (Lipinski definition) is 0. The Bertz CT molecular complexity index is 490. The molecule has 0 aromatic carbocycles. The van der Waals surface area contributed by atoms with Crippen molar-refractivity contribution in [2.45, 2.75) is 45.3 Å². The maximum atomic E-state index is 6.04. The van der Waals surface area contributed by atoms with E-state index in [1.54, 1.807) is 12.4 Å². The molecule has 0 radical (unpaired) electrons. The first-order valence-corrected chi connectivity index (χ1v) is 7.79. The summed E-state index contributed by atoms with van der Waals surface area (Å²) in [6, 6.07) is 1.95. The largest absolute Gasteiger partial charge is 0.496 e. The van der Waals surface area contributed by atoms with Gasteiger partial charge in [-0.05, 0) is 54.3 Å². The fraction of sp³-hybridized carbons (Fsp3) is 0.688. The second-order valence-electron chi connectivity index (χ2n) is 7.05. The van der Waals surface area contributed by atoms with Crippen molar-refractivity contribution in [3.8, 4) is 5.75 Å². The molecule has 1 aliphatic rings. The molecule has 0 amide bonds. The van der Waals surface area contributed by atoms with E-state index in [-0.39, 0.29) is 11.2 Å². The summed E-state index contributed by atoms with van der Waals surface area (Å²) in [6.07, 6.45) is 4.48. The van der Waals surface area contributed by atoms with Crippen LogP contribution in [-0.4, -0.2) is 55.5 Å². The lowest BCUT2D eigenvalue weighted by atomic mass is 9.80. The normalized spacial score (nSPS) is 19.7. The Labute approximate surface area is 134 Å². The summed E-state index contributed by atoms with van der Waals surface area (Å²) in [5, 5.41) is 0. The van der Waals surface area contributed by atoms with Gasteiger partial charge < -0.3 is 18.9 Å². The summed E-state index contributed by atoms with van der Waals surface area (Å²) in [5.41, 5.74) is 0.198. The van der Waals surface area contributed by atoms with Gasteiger partial charge in [-0.25, -0.2) is 0 Å². The van der Waals surface area contributed by atoms with Gasteiger partial charge in [0.2, 0.25) is 0 Å². The van der Waals surface area contributed by atoms with Crippen LogP contribution in [0.15, 0.2) is 18.5 Å². The zero-order valence-electron chi connectivity index (χ0n) is 14.5. The Balaban J connectivity index is 1.98. The monoisotopic (exact) mass is 306 g/mol. The van der Waals surface area contributed by atoms with Crippen molar-refractivity contribution in [2.24, 2.45) is 0 Å². The topological polar surface area (TPSA) is 43.8 Å². The zero-order chi connectivity index (χ0) is 16.4. The molecule has 0 spiro atoms. The first-order valence-electron chi connectivity index (χ1n) is 7.79. The van der Waals surface area contributed by atoms with Crippen LogP contribution >= 0.6 is 0 Å². The molecule has 0 N–H and O–H groups in total. The van der Waals surface area contributed by atoms with Gasteiger partial charge in [-0.15, -0.1) is 0 Å². The molecule has 1 fully saturated rings. The smallest absolute Gasteiger partial charge is 0.492 e. The lowest BCUT2D eigenvalue weighted by Crippen LogP contribution is -2.41. The highest BCUT2D eigenvalue weighted by Gasteiger charge is 2.51. The Morgan fingerprint density at radius 3 is 2.36 bits per heavy atom. The highest BCUT2D eigenvalue weighted by molar-refractivity contribution is 6.62. The second-order valence-corrected chi connectivity index (χ2v) is 7.05. The Morgan fingerprint density at radius 1 is 1.14 bits per heavy atom. The van der Waals surface area contributed by atoms with Crippen LogP contribution in [0.3, 0.4) is 0 Å². The summed E-state index contributed by atoms with van der Waals surface area (Å²) >= 11 is 0. The molecule has 0 bridgehead atoms.